The van der Waals surface area contributed by atoms with Gasteiger partial charge < -0.3 is 4.90 Å². The fourth-order valence-electron chi connectivity index (χ4n) is 1.24. The van der Waals surface area contributed by atoms with E-state index < -0.39 is 0 Å². The van der Waals surface area contributed by atoms with Crippen LogP contribution in [0.15, 0.2) is 28.1 Å². The summed E-state index contributed by atoms with van der Waals surface area (Å²) < 4.78 is 0.984. The number of hydrogen-bond donors (Lipinski definition) is 0. The number of amides is 1. The van der Waals surface area contributed by atoms with Crippen LogP contribution in [0.1, 0.15) is 23.5 Å². The van der Waals surface area contributed by atoms with Crippen molar-refractivity contribution in [2.24, 2.45) is 0 Å². The Hall–Kier alpha value is -0.610. The third-order valence-corrected chi connectivity index (χ3v) is 3.53. The Bertz CT molecular complexity index is 372. The Labute approximate surface area is 103 Å². The number of rotatable bonds is 4. The normalized spacial score (nSPS) is 10.1. The third kappa shape index (κ3) is 3.47. The van der Waals surface area contributed by atoms with Crippen LogP contribution in [0.5, 0.6) is 0 Å². The van der Waals surface area contributed by atoms with Crippen molar-refractivity contribution in [3.05, 3.63) is 32.9 Å². The van der Waals surface area contributed by atoms with Crippen LogP contribution in [0.2, 0.25) is 0 Å². The van der Waals surface area contributed by atoms with Crippen molar-refractivity contribution in [1.29, 1.82) is 0 Å². The lowest BCUT2D eigenvalue weighted by Gasteiger charge is -2.19. The maximum Gasteiger partial charge on any atom is 0.264 e. The van der Waals surface area contributed by atoms with E-state index in [9.17, 15) is 4.79 Å². The lowest BCUT2D eigenvalue weighted by Crippen LogP contribution is -2.31. The molecule has 1 aromatic heterocycles. The molecule has 0 N–H and O–H groups in total. The van der Waals surface area contributed by atoms with Crippen molar-refractivity contribution in [1.82, 2.24) is 4.90 Å². The minimum atomic E-state index is 0.0798. The highest BCUT2D eigenvalue weighted by Gasteiger charge is 2.15. The number of hydrogen-bond acceptors (Lipinski definition) is 2. The number of thiophene rings is 1. The summed E-state index contributed by atoms with van der Waals surface area (Å²) in [4.78, 5) is 14.6. The largest absolute Gasteiger partial charge is 0.334 e. The summed E-state index contributed by atoms with van der Waals surface area (Å²) in [5.41, 5.74) is 1.00. The highest BCUT2D eigenvalue weighted by Crippen LogP contribution is 2.23. The van der Waals surface area contributed by atoms with E-state index >= 15 is 0 Å². The molecule has 0 fully saturated rings. The molecule has 0 atom stereocenters. The van der Waals surface area contributed by atoms with E-state index in [1.165, 1.54) is 11.3 Å². The number of nitrogens with zero attached hydrogens (tertiary/aromatic N) is 1. The molecule has 2 nitrogen and oxygen atoms in total. The summed E-state index contributed by atoms with van der Waals surface area (Å²) in [6, 6.07) is 3.74. The van der Waals surface area contributed by atoms with Gasteiger partial charge in [-0.2, -0.15) is 0 Å². The van der Waals surface area contributed by atoms with E-state index in [0.717, 1.165) is 14.2 Å². The summed E-state index contributed by atoms with van der Waals surface area (Å²) in [6.07, 6.45) is 0. The smallest absolute Gasteiger partial charge is 0.264 e. The topological polar surface area (TPSA) is 20.3 Å². The minimum Gasteiger partial charge on any atom is -0.334 e. The van der Waals surface area contributed by atoms with E-state index in [-0.39, 0.29) is 5.91 Å². The van der Waals surface area contributed by atoms with Gasteiger partial charge in [0.15, 0.2) is 0 Å². The maximum atomic E-state index is 12.0. The summed E-state index contributed by atoms with van der Waals surface area (Å²) in [5, 5.41) is 0. The van der Waals surface area contributed by atoms with Crippen molar-refractivity contribution in [3.63, 3.8) is 0 Å². The molecule has 0 spiro atoms. The summed E-state index contributed by atoms with van der Waals surface area (Å²) in [6.45, 7) is 9.07. The van der Waals surface area contributed by atoms with Gasteiger partial charge in [-0.25, -0.2) is 0 Å². The third-order valence-electron chi connectivity index (χ3n) is 1.91. The van der Waals surface area contributed by atoms with Gasteiger partial charge in [-0.3, -0.25) is 4.79 Å². The number of carbonyl (C=O) groups excluding carboxylic acids is 1. The predicted octanol–water partition coefficient (Wildman–Crippen LogP) is 3.55. The SMILES string of the molecule is C=C(C)CN(CC)C(=O)c1ccc(Br)s1. The van der Waals surface area contributed by atoms with Gasteiger partial charge in [0.1, 0.15) is 0 Å². The highest BCUT2D eigenvalue weighted by molar-refractivity contribution is 9.11. The van der Waals surface area contributed by atoms with Crippen LogP contribution in [-0.2, 0) is 0 Å². The van der Waals surface area contributed by atoms with Gasteiger partial charge >= 0.3 is 0 Å². The number of halogens is 1. The van der Waals surface area contributed by atoms with Gasteiger partial charge in [-0.15, -0.1) is 11.3 Å². The Morgan fingerprint density at radius 1 is 1.60 bits per heavy atom. The molecule has 4 heteroatoms. The Kier molecular flexibility index (Phi) is 4.54. The van der Waals surface area contributed by atoms with Gasteiger partial charge in [-0.05, 0) is 41.9 Å². The lowest BCUT2D eigenvalue weighted by molar-refractivity contribution is 0.0783. The summed E-state index contributed by atoms with van der Waals surface area (Å²) in [5.74, 6) is 0.0798. The van der Waals surface area contributed by atoms with Crippen molar-refractivity contribution >= 4 is 33.2 Å². The van der Waals surface area contributed by atoms with Crippen LogP contribution in [0.25, 0.3) is 0 Å². The highest BCUT2D eigenvalue weighted by atomic mass is 79.9. The predicted molar refractivity (Wildman–Crippen MR) is 68.4 cm³/mol. The number of carbonyl (C=O) groups is 1. The first kappa shape index (κ1) is 12.5. The standard InChI is InChI=1S/C11H14BrNOS/c1-4-13(7-8(2)3)11(14)9-5-6-10(12)15-9/h5-6H,2,4,7H2,1,3H3. The second-order valence-electron chi connectivity index (χ2n) is 3.38. The average Bonchev–Trinajstić information content (AvgIpc) is 2.60. The molecular weight excluding hydrogens is 274 g/mol. The van der Waals surface area contributed by atoms with Gasteiger partial charge in [0, 0.05) is 13.1 Å². The van der Waals surface area contributed by atoms with E-state index in [0.29, 0.717) is 13.1 Å². The quantitative estimate of drug-likeness (QED) is 0.776. The molecule has 1 heterocycles. The maximum absolute atomic E-state index is 12.0. The van der Waals surface area contributed by atoms with E-state index in [1.54, 1.807) is 4.90 Å². The van der Waals surface area contributed by atoms with Crippen molar-refractivity contribution < 1.29 is 4.79 Å². The van der Waals surface area contributed by atoms with E-state index in [2.05, 4.69) is 22.5 Å². The molecular formula is C11H14BrNOS. The summed E-state index contributed by atoms with van der Waals surface area (Å²) >= 11 is 4.81. The molecule has 0 bridgehead atoms. The second kappa shape index (κ2) is 5.47. The molecule has 1 aromatic rings. The van der Waals surface area contributed by atoms with Crippen LogP contribution in [0.4, 0.5) is 0 Å². The molecule has 0 aliphatic rings. The van der Waals surface area contributed by atoms with Crippen LogP contribution in [0.3, 0.4) is 0 Å². The molecule has 0 aliphatic heterocycles. The number of likely N-dealkylation sites (N-methyl/N-ethyl adjacent to an activating group) is 1. The van der Waals surface area contributed by atoms with Crippen molar-refractivity contribution in [2.45, 2.75) is 13.8 Å². The van der Waals surface area contributed by atoms with Gasteiger partial charge in [-0.1, -0.05) is 12.2 Å². The second-order valence-corrected chi connectivity index (χ2v) is 5.84. The first-order chi connectivity index (χ1) is 7.04. The molecule has 0 unspecified atom stereocenters. The fourth-order valence-corrected chi connectivity index (χ4v) is 2.59. The van der Waals surface area contributed by atoms with Crippen molar-refractivity contribution in [3.8, 4) is 0 Å². The molecule has 1 amide bonds. The zero-order valence-corrected chi connectivity index (χ0v) is 11.3. The molecule has 0 radical (unpaired) electrons. The van der Waals surface area contributed by atoms with Gasteiger partial charge in [0.25, 0.3) is 5.91 Å². The van der Waals surface area contributed by atoms with Gasteiger partial charge in [0.2, 0.25) is 0 Å². The molecule has 0 aromatic carbocycles. The molecule has 15 heavy (non-hydrogen) atoms. The summed E-state index contributed by atoms with van der Waals surface area (Å²) in [7, 11) is 0. The minimum absolute atomic E-state index is 0.0798. The van der Waals surface area contributed by atoms with Crippen LogP contribution >= 0.6 is 27.3 Å². The first-order valence-corrected chi connectivity index (χ1v) is 6.34. The first-order valence-electron chi connectivity index (χ1n) is 4.73. The fraction of sp³-hybridized carbons (Fsp3) is 0.364. The molecule has 0 saturated heterocycles. The van der Waals surface area contributed by atoms with Crippen molar-refractivity contribution in [2.75, 3.05) is 13.1 Å². The monoisotopic (exact) mass is 287 g/mol. The Balaban J connectivity index is 2.77. The average molecular weight is 288 g/mol. The van der Waals surface area contributed by atoms with Crippen LogP contribution in [0, 0.1) is 0 Å². The van der Waals surface area contributed by atoms with E-state index in [4.69, 9.17) is 0 Å². The molecule has 82 valence electrons. The van der Waals surface area contributed by atoms with Crippen LogP contribution < -0.4 is 0 Å². The zero-order valence-electron chi connectivity index (χ0n) is 8.92. The van der Waals surface area contributed by atoms with Gasteiger partial charge in [0.05, 0.1) is 8.66 Å². The molecule has 0 saturated carbocycles. The Morgan fingerprint density at radius 3 is 2.67 bits per heavy atom. The van der Waals surface area contributed by atoms with Crippen LogP contribution in [-0.4, -0.2) is 23.9 Å². The molecule has 1 rings (SSSR count). The molecule has 0 aliphatic carbocycles. The lowest BCUT2D eigenvalue weighted by atomic mass is 10.3. The zero-order chi connectivity index (χ0) is 11.4. The van der Waals surface area contributed by atoms with E-state index in [1.807, 2.05) is 26.0 Å². The Morgan fingerprint density at radius 2 is 2.27 bits per heavy atom.